The van der Waals surface area contributed by atoms with E-state index in [2.05, 4.69) is 69.0 Å². The van der Waals surface area contributed by atoms with E-state index in [0.717, 1.165) is 32.5 Å². The molecule has 0 aromatic heterocycles. The minimum absolute atomic E-state index is 0.0288. The van der Waals surface area contributed by atoms with Gasteiger partial charge in [0.1, 0.15) is 5.54 Å². The van der Waals surface area contributed by atoms with Crippen LogP contribution in [0, 0.1) is 5.92 Å². The largest absolute Gasteiger partial charge is 0.350 e. The maximum atomic E-state index is 14.5. The van der Waals surface area contributed by atoms with Gasteiger partial charge in [-0.1, -0.05) is 90.3 Å². The molecule has 2 aliphatic heterocycles. The maximum absolute atomic E-state index is 14.5. The average Bonchev–Trinajstić information content (AvgIpc) is 3.76. The molecular weight excluding hydrogens is 579 g/mol. The third-order valence-corrected chi connectivity index (χ3v) is 10.1. The molecule has 1 spiro atoms. The second kappa shape index (κ2) is 13.4. The Labute approximate surface area is 264 Å². The number of hydrogen-bond acceptors (Lipinski definition) is 4. The van der Waals surface area contributed by atoms with Gasteiger partial charge in [-0.2, -0.15) is 0 Å². The summed E-state index contributed by atoms with van der Waals surface area (Å²) in [6, 6.07) is 25.9. The highest BCUT2D eigenvalue weighted by Gasteiger charge is 2.62. The standard InChI is InChI=1S/C35H40Cl2N4O2/c36-31-15-14-27(20-32(31)37)33(42)38-22-29-16-19-41(24-30(25-10-4-1-5-11-25)26-12-6-2-7-13-26)34(43)35(39-29)21-28(35)23-40-17-8-3-9-18-40/h1-2,4-7,10-15,20,28-30,39H,3,8-9,16-19,21-24H2,(H,38,42)/t28?,29?,35-/m1/s1. The number of benzene rings is 3. The lowest BCUT2D eigenvalue weighted by Gasteiger charge is -2.31. The highest BCUT2D eigenvalue weighted by atomic mass is 35.5. The van der Waals surface area contributed by atoms with Gasteiger partial charge in [0, 0.05) is 49.6 Å². The van der Waals surface area contributed by atoms with Crippen molar-refractivity contribution in [3.63, 3.8) is 0 Å². The molecule has 3 aliphatic rings. The van der Waals surface area contributed by atoms with Crippen LogP contribution in [-0.2, 0) is 4.79 Å². The van der Waals surface area contributed by atoms with Crippen LogP contribution in [0.5, 0.6) is 0 Å². The molecule has 3 aromatic carbocycles. The monoisotopic (exact) mass is 618 g/mol. The molecule has 2 heterocycles. The Bertz CT molecular complexity index is 1380. The molecule has 1 aliphatic carbocycles. The van der Waals surface area contributed by atoms with Crippen LogP contribution in [-0.4, -0.2) is 72.5 Å². The summed E-state index contributed by atoms with van der Waals surface area (Å²) in [5.41, 5.74) is 2.29. The van der Waals surface area contributed by atoms with Gasteiger partial charge in [-0.25, -0.2) is 0 Å². The predicted molar refractivity (Wildman–Crippen MR) is 173 cm³/mol. The van der Waals surface area contributed by atoms with Crippen LogP contribution in [0.25, 0.3) is 0 Å². The number of nitrogens with one attached hydrogen (secondary N) is 2. The Balaban J connectivity index is 1.22. The lowest BCUT2D eigenvalue weighted by atomic mass is 9.90. The van der Waals surface area contributed by atoms with Gasteiger partial charge in [0.05, 0.1) is 10.0 Å². The van der Waals surface area contributed by atoms with E-state index in [-0.39, 0.29) is 29.7 Å². The number of halogens is 2. The van der Waals surface area contributed by atoms with Gasteiger partial charge < -0.3 is 15.1 Å². The van der Waals surface area contributed by atoms with E-state index in [1.54, 1.807) is 18.2 Å². The third-order valence-electron chi connectivity index (χ3n) is 9.41. The molecule has 3 atom stereocenters. The third kappa shape index (κ3) is 6.93. The Morgan fingerprint density at radius 2 is 1.58 bits per heavy atom. The van der Waals surface area contributed by atoms with Crippen LogP contribution in [0.2, 0.25) is 10.0 Å². The van der Waals surface area contributed by atoms with Gasteiger partial charge in [0.25, 0.3) is 5.91 Å². The fraction of sp³-hybridized carbons (Fsp3) is 0.429. The van der Waals surface area contributed by atoms with Crippen LogP contribution < -0.4 is 10.6 Å². The molecule has 1 saturated carbocycles. The van der Waals surface area contributed by atoms with Gasteiger partial charge in [0.2, 0.25) is 5.91 Å². The number of likely N-dealkylation sites (tertiary alicyclic amines) is 1. The quantitative estimate of drug-likeness (QED) is 0.309. The normalized spacial score (nSPS) is 24.3. The van der Waals surface area contributed by atoms with Crippen LogP contribution in [0.15, 0.2) is 78.9 Å². The van der Waals surface area contributed by atoms with Gasteiger partial charge >= 0.3 is 0 Å². The zero-order chi connectivity index (χ0) is 29.8. The molecule has 2 saturated heterocycles. The molecule has 2 N–H and O–H groups in total. The van der Waals surface area contributed by atoms with Crippen molar-refractivity contribution in [1.29, 1.82) is 0 Å². The maximum Gasteiger partial charge on any atom is 0.251 e. The van der Waals surface area contributed by atoms with E-state index in [4.69, 9.17) is 23.2 Å². The van der Waals surface area contributed by atoms with Crippen LogP contribution in [0.1, 0.15) is 59.5 Å². The molecule has 2 amide bonds. The number of piperidine rings is 1. The summed E-state index contributed by atoms with van der Waals surface area (Å²) >= 11 is 12.2. The molecule has 226 valence electrons. The van der Waals surface area contributed by atoms with Crippen molar-refractivity contribution >= 4 is 35.0 Å². The van der Waals surface area contributed by atoms with Crippen molar-refractivity contribution in [2.45, 2.75) is 49.6 Å². The summed E-state index contributed by atoms with van der Waals surface area (Å²) in [5, 5.41) is 7.64. The van der Waals surface area contributed by atoms with Gasteiger partial charge in [-0.15, -0.1) is 0 Å². The number of carbonyl (C=O) groups excluding carboxylic acids is 2. The van der Waals surface area contributed by atoms with Crippen LogP contribution in [0.3, 0.4) is 0 Å². The summed E-state index contributed by atoms with van der Waals surface area (Å²) < 4.78 is 0. The van der Waals surface area contributed by atoms with Crippen molar-refractivity contribution in [2.75, 3.05) is 39.3 Å². The zero-order valence-electron chi connectivity index (χ0n) is 24.5. The molecule has 3 aromatic rings. The minimum atomic E-state index is -0.592. The molecule has 6 rings (SSSR count). The summed E-state index contributed by atoms with van der Waals surface area (Å²) in [7, 11) is 0. The number of hydrogen-bond donors (Lipinski definition) is 2. The Morgan fingerprint density at radius 1 is 0.907 bits per heavy atom. The Morgan fingerprint density at radius 3 is 2.23 bits per heavy atom. The number of nitrogens with zero attached hydrogens (tertiary/aromatic N) is 2. The number of carbonyl (C=O) groups is 2. The summed E-state index contributed by atoms with van der Waals surface area (Å²) in [5.74, 6) is 0.341. The second-order valence-electron chi connectivity index (χ2n) is 12.3. The lowest BCUT2D eigenvalue weighted by molar-refractivity contribution is -0.134. The van der Waals surface area contributed by atoms with E-state index in [9.17, 15) is 9.59 Å². The predicted octanol–water partition coefficient (Wildman–Crippen LogP) is 5.99. The fourth-order valence-corrected chi connectivity index (χ4v) is 7.21. The van der Waals surface area contributed by atoms with Crippen LogP contribution in [0.4, 0.5) is 0 Å². The van der Waals surface area contributed by atoms with Crippen molar-refractivity contribution in [3.8, 4) is 0 Å². The van der Waals surface area contributed by atoms with Gasteiger partial charge in [0.15, 0.2) is 0 Å². The lowest BCUT2D eigenvalue weighted by Crippen LogP contribution is -2.53. The van der Waals surface area contributed by atoms with Crippen molar-refractivity contribution in [2.24, 2.45) is 5.92 Å². The molecule has 43 heavy (non-hydrogen) atoms. The van der Waals surface area contributed by atoms with E-state index >= 15 is 0 Å². The first-order valence-corrected chi connectivity index (χ1v) is 16.3. The van der Waals surface area contributed by atoms with E-state index in [0.29, 0.717) is 35.2 Å². The molecule has 6 nitrogen and oxygen atoms in total. The van der Waals surface area contributed by atoms with Crippen molar-refractivity contribution in [3.05, 3.63) is 106 Å². The molecule has 3 fully saturated rings. The molecule has 0 radical (unpaired) electrons. The average molecular weight is 620 g/mol. The number of rotatable bonds is 9. The number of amides is 2. The first-order chi connectivity index (χ1) is 20.9. The highest BCUT2D eigenvalue weighted by molar-refractivity contribution is 6.42. The summed E-state index contributed by atoms with van der Waals surface area (Å²) in [4.78, 5) is 32.1. The second-order valence-corrected chi connectivity index (χ2v) is 13.1. The summed E-state index contributed by atoms with van der Waals surface area (Å²) in [6.45, 7) is 4.84. The highest BCUT2D eigenvalue weighted by Crippen LogP contribution is 2.47. The smallest absolute Gasteiger partial charge is 0.251 e. The minimum Gasteiger partial charge on any atom is -0.350 e. The molecular formula is C35H40Cl2N4O2. The first kappa shape index (κ1) is 30.1. The molecule has 8 heteroatoms. The van der Waals surface area contributed by atoms with Gasteiger partial charge in [-0.05, 0) is 68.1 Å². The molecule has 2 unspecified atom stereocenters. The summed E-state index contributed by atoms with van der Waals surface area (Å²) in [6.07, 6.45) is 5.33. The fourth-order valence-electron chi connectivity index (χ4n) is 6.91. The van der Waals surface area contributed by atoms with Crippen molar-refractivity contribution < 1.29 is 9.59 Å². The topological polar surface area (TPSA) is 64.7 Å². The van der Waals surface area contributed by atoms with E-state index < -0.39 is 5.54 Å². The molecule has 0 bridgehead atoms. The first-order valence-electron chi connectivity index (χ1n) is 15.6. The van der Waals surface area contributed by atoms with E-state index in [1.807, 2.05) is 12.1 Å². The Kier molecular flexibility index (Phi) is 9.39. The van der Waals surface area contributed by atoms with Crippen LogP contribution >= 0.6 is 23.2 Å². The van der Waals surface area contributed by atoms with Gasteiger partial charge in [-0.3, -0.25) is 14.9 Å². The zero-order valence-corrected chi connectivity index (χ0v) is 26.0. The SMILES string of the molecule is O=C(NCC1CCN(CC(c2ccccc2)c2ccccc2)C(=O)[C@]2(CC2CN2CCCCC2)N1)c1ccc(Cl)c(Cl)c1. The Hall–Kier alpha value is -2.90. The van der Waals surface area contributed by atoms with E-state index in [1.165, 1.54) is 30.4 Å². The van der Waals surface area contributed by atoms with Crippen molar-refractivity contribution in [1.82, 2.24) is 20.4 Å².